The van der Waals surface area contributed by atoms with Gasteiger partial charge in [0.1, 0.15) is 5.75 Å². The van der Waals surface area contributed by atoms with E-state index in [0.717, 1.165) is 5.56 Å². The number of hydrogen-bond donors (Lipinski definition) is 3. The molecule has 1 unspecified atom stereocenters. The number of carboxylic acids is 1. The van der Waals surface area contributed by atoms with Crippen LogP contribution in [0, 0.1) is 5.92 Å². The Hall–Kier alpha value is -2.04. The molecule has 0 saturated heterocycles. The minimum absolute atomic E-state index is 0.115. The van der Waals surface area contributed by atoms with E-state index in [0.29, 0.717) is 12.1 Å². The number of aliphatic carboxylic acids is 1. The van der Waals surface area contributed by atoms with E-state index in [1.54, 1.807) is 12.1 Å². The van der Waals surface area contributed by atoms with Gasteiger partial charge in [-0.05, 0) is 30.2 Å². The molecule has 1 heterocycles. The van der Waals surface area contributed by atoms with Gasteiger partial charge in [-0.1, -0.05) is 0 Å². The van der Waals surface area contributed by atoms with Gasteiger partial charge < -0.3 is 15.5 Å². The number of aromatic hydroxyl groups is 1. The standard InChI is InChI=1S/C11H11NO4/c13-8-1-2-9-6(4-8)3-7(5-10(14)15)11(16)12-9/h1-2,4,7,13H,3,5H2,(H,12,16)(H,14,15). The van der Waals surface area contributed by atoms with Crippen molar-refractivity contribution in [2.24, 2.45) is 5.92 Å². The highest BCUT2D eigenvalue weighted by molar-refractivity contribution is 5.97. The second-order valence-electron chi connectivity index (χ2n) is 3.83. The minimum atomic E-state index is -0.997. The summed E-state index contributed by atoms with van der Waals surface area (Å²) in [5.41, 5.74) is 1.41. The molecule has 0 aliphatic carbocycles. The predicted molar refractivity (Wildman–Crippen MR) is 56.2 cm³/mol. The largest absolute Gasteiger partial charge is 0.508 e. The van der Waals surface area contributed by atoms with Crippen LogP contribution in [0.1, 0.15) is 12.0 Å². The van der Waals surface area contributed by atoms with Crippen LogP contribution in [-0.4, -0.2) is 22.1 Å². The Kier molecular flexibility index (Phi) is 2.52. The van der Waals surface area contributed by atoms with Gasteiger partial charge in [0.15, 0.2) is 0 Å². The summed E-state index contributed by atoms with van der Waals surface area (Å²) in [6.45, 7) is 0. The number of rotatable bonds is 2. The van der Waals surface area contributed by atoms with Crippen LogP contribution in [0.15, 0.2) is 18.2 Å². The molecule has 1 aromatic rings. The zero-order valence-electron chi connectivity index (χ0n) is 8.43. The van der Waals surface area contributed by atoms with Gasteiger partial charge in [0, 0.05) is 5.69 Å². The van der Waals surface area contributed by atoms with Crippen LogP contribution in [0.3, 0.4) is 0 Å². The van der Waals surface area contributed by atoms with Crippen molar-refractivity contribution in [1.29, 1.82) is 0 Å². The molecule has 1 aromatic carbocycles. The maximum atomic E-state index is 11.5. The van der Waals surface area contributed by atoms with Crippen molar-refractivity contribution in [3.8, 4) is 5.75 Å². The van der Waals surface area contributed by atoms with Crippen molar-refractivity contribution in [3.05, 3.63) is 23.8 Å². The molecule has 0 fully saturated rings. The molecule has 16 heavy (non-hydrogen) atoms. The van der Waals surface area contributed by atoms with Crippen LogP contribution >= 0.6 is 0 Å². The van der Waals surface area contributed by atoms with Crippen LogP contribution in [0.4, 0.5) is 5.69 Å². The molecule has 2 rings (SSSR count). The minimum Gasteiger partial charge on any atom is -0.508 e. The van der Waals surface area contributed by atoms with Crippen LogP contribution < -0.4 is 5.32 Å². The van der Waals surface area contributed by atoms with Crippen molar-refractivity contribution >= 4 is 17.6 Å². The lowest BCUT2D eigenvalue weighted by atomic mass is 9.91. The first-order valence-electron chi connectivity index (χ1n) is 4.91. The fourth-order valence-corrected chi connectivity index (χ4v) is 1.84. The van der Waals surface area contributed by atoms with E-state index >= 15 is 0 Å². The quantitative estimate of drug-likeness (QED) is 0.649. The van der Waals surface area contributed by atoms with Crippen molar-refractivity contribution in [2.75, 3.05) is 5.32 Å². The number of amides is 1. The lowest BCUT2D eigenvalue weighted by Gasteiger charge is -2.23. The normalized spacial score (nSPS) is 18.8. The fraction of sp³-hybridized carbons (Fsp3) is 0.273. The maximum absolute atomic E-state index is 11.5. The lowest BCUT2D eigenvalue weighted by Crippen LogP contribution is -2.31. The smallest absolute Gasteiger partial charge is 0.304 e. The molecule has 0 saturated carbocycles. The van der Waals surface area contributed by atoms with Crippen molar-refractivity contribution in [2.45, 2.75) is 12.8 Å². The number of phenolic OH excluding ortho intramolecular Hbond substituents is 1. The molecular weight excluding hydrogens is 210 g/mol. The monoisotopic (exact) mass is 221 g/mol. The van der Waals surface area contributed by atoms with Gasteiger partial charge in [-0.2, -0.15) is 0 Å². The third-order valence-corrected chi connectivity index (χ3v) is 2.60. The molecule has 0 aromatic heterocycles. The van der Waals surface area contributed by atoms with E-state index < -0.39 is 11.9 Å². The van der Waals surface area contributed by atoms with E-state index in [4.69, 9.17) is 5.11 Å². The van der Waals surface area contributed by atoms with Crippen LogP contribution in [-0.2, 0) is 16.0 Å². The molecule has 1 amide bonds. The Morgan fingerprint density at radius 3 is 2.94 bits per heavy atom. The Morgan fingerprint density at radius 2 is 2.25 bits per heavy atom. The lowest BCUT2D eigenvalue weighted by molar-refractivity contribution is -0.140. The van der Waals surface area contributed by atoms with E-state index in [1.165, 1.54) is 6.07 Å². The summed E-state index contributed by atoms with van der Waals surface area (Å²) >= 11 is 0. The molecule has 1 aliphatic rings. The number of fused-ring (bicyclic) bond motifs is 1. The second-order valence-corrected chi connectivity index (χ2v) is 3.83. The Labute approximate surface area is 91.7 Å². The molecule has 1 atom stereocenters. The third-order valence-electron chi connectivity index (χ3n) is 2.60. The second kappa shape index (κ2) is 3.84. The van der Waals surface area contributed by atoms with Crippen LogP contribution in [0.25, 0.3) is 0 Å². The van der Waals surface area contributed by atoms with Crippen LogP contribution in [0.5, 0.6) is 5.75 Å². The van der Waals surface area contributed by atoms with Gasteiger partial charge in [-0.3, -0.25) is 9.59 Å². The van der Waals surface area contributed by atoms with Gasteiger partial charge in [0.25, 0.3) is 0 Å². The Balaban J connectivity index is 2.26. The van der Waals surface area contributed by atoms with Gasteiger partial charge >= 0.3 is 5.97 Å². The number of benzene rings is 1. The summed E-state index contributed by atoms with van der Waals surface area (Å²) < 4.78 is 0. The molecule has 0 spiro atoms. The fourth-order valence-electron chi connectivity index (χ4n) is 1.84. The van der Waals surface area contributed by atoms with Gasteiger partial charge in [-0.25, -0.2) is 0 Å². The number of carbonyl (C=O) groups excluding carboxylic acids is 1. The molecule has 5 nitrogen and oxygen atoms in total. The highest BCUT2D eigenvalue weighted by Crippen LogP contribution is 2.29. The summed E-state index contributed by atoms with van der Waals surface area (Å²) in [5.74, 6) is -1.72. The summed E-state index contributed by atoms with van der Waals surface area (Å²) in [6.07, 6.45) is 0.156. The van der Waals surface area contributed by atoms with Crippen LogP contribution in [0.2, 0.25) is 0 Å². The van der Waals surface area contributed by atoms with Gasteiger partial charge in [-0.15, -0.1) is 0 Å². The topological polar surface area (TPSA) is 86.6 Å². The zero-order chi connectivity index (χ0) is 11.7. The van der Waals surface area contributed by atoms with E-state index in [-0.39, 0.29) is 18.1 Å². The van der Waals surface area contributed by atoms with Crippen molar-refractivity contribution in [1.82, 2.24) is 0 Å². The number of phenols is 1. The average molecular weight is 221 g/mol. The highest BCUT2D eigenvalue weighted by atomic mass is 16.4. The molecule has 1 aliphatic heterocycles. The number of hydrogen-bond acceptors (Lipinski definition) is 3. The SMILES string of the molecule is O=C(O)CC1Cc2cc(O)ccc2NC1=O. The average Bonchev–Trinajstić information content (AvgIpc) is 2.19. The predicted octanol–water partition coefficient (Wildman–Crippen LogP) is 0.978. The molecule has 0 bridgehead atoms. The van der Waals surface area contributed by atoms with E-state index in [1.807, 2.05) is 0 Å². The first-order valence-corrected chi connectivity index (χ1v) is 4.91. The van der Waals surface area contributed by atoms with E-state index in [9.17, 15) is 14.7 Å². The summed E-state index contributed by atoms with van der Waals surface area (Å²) in [4.78, 5) is 22.1. The van der Waals surface area contributed by atoms with Gasteiger partial charge in [0.05, 0.1) is 12.3 Å². The number of nitrogens with one attached hydrogen (secondary N) is 1. The summed E-state index contributed by atoms with van der Waals surface area (Å²) in [6, 6.07) is 4.64. The molecule has 5 heteroatoms. The first kappa shape index (κ1) is 10.5. The molecule has 84 valence electrons. The van der Waals surface area contributed by atoms with Gasteiger partial charge in [0.2, 0.25) is 5.91 Å². The number of carbonyl (C=O) groups is 2. The highest BCUT2D eigenvalue weighted by Gasteiger charge is 2.28. The third kappa shape index (κ3) is 1.98. The van der Waals surface area contributed by atoms with Crippen molar-refractivity contribution in [3.63, 3.8) is 0 Å². The zero-order valence-corrected chi connectivity index (χ0v) is 8.43. The molecule has 3 N–H and O–H groups in total. The summed E-state index contributed by atoms with van der Waals surface area (Å²) in [5, 5.41) is 20.6. The number of carboxylic acid groups (broad SMARTS) is 1. The number of anilines is 1. The van der Waals surface area contributed by atoms with Crippen molar-refractivity contribution < 1.29 is 19.8 Å². The molecule has 0 radical (unpaired) electrons. The Bertz CT molecular complexity index is 455. The Morgan fingerprint density at radius 1 is 1.50 bits per heavy atom. The van der Waals surface area contributed by atoms with E-state index in [2.05, 4.69) is 5.32 Å². The maximum Gasteiger partial charge on any atom is 0.304 e. The summed E-state index contributed by atoms with van der Waals surface area (Å²) in [7, 11) is 0. The first-order chi connectivity index (χ1) is 7.56. The molecular formula is C11H11NO4.